The summed E-state index contributed by atoms with van der Waals surface area (Å²) in [7, 11) is -4.05. The molecule has 2 rings (SSSR count). The molecule has 112 valence electrons. The van der Waals surface area contributed by atoms with Crippen LogP contribution in [0.2, 0.25) is 0 Å². The first-order valence-corrected chi connectivity index (χ1v) is 8.32. The number of aryl methyl sites for hydroxylation is 2. The number of sulfonamides is 1. The van der Waals surface area contributed by atoms with Crippen LogP contribution in [0.5, 0.6) is 0 Å². The molecule has 0 aliphatic rings. The Bertz CT molecular complexity index is 787. The summed E-state index contributed by atoms with van der Waals surface area (Å²) in [6, 6.07) is 7.58. The van der Waals surface area contributed by atoms with Crippen molar-refractivity contribution in [2.24, 2.45) is 0 Å². The maximum atomic E-state index is 14.1. The quantitative estimate of drug-likeness (QED) is 0.808. The first-order chi connectivity index (χ1) is 9.69. The van der Waals surface area contributed by atoms with E-state index in [4.69, 9.17) is 5.73 Å². The van der Waals surface area contributed by atoms with E-state index in [1.807, 2.05) is 13.0 Å². The third kappa shape index (κ3) is 3.54. The van der Waals surface area contributed by atoms with Crippen LogP contribution in [0.3, 0.4) is 0 Å². The molecule has 0 saturated heterocycles. The summed E-state index contributed by atoms with van der Waals surface area (Å²) in [5, 5.41) is 0. The Morgan fingerprint density at radius 1 is 1.14 bits per heavy atom. The van der Waals surface area contributed by atoms with E-state index in [2.05, 4.69) is 20.7 Å². The Hall–Kier alpha value is -1.60. The molecule has 21 heavy (non-hydrogen) atoms. The number of benzene rings is 2. The van der Waals surface area contributed by atoms with E-state index in [1.54, 1.807) is 12.1 Å². The van der Waals surface area contributed by atoms with Gasteiger partial charge in [0.2, 0.25) is 0 Å². The van der Waals surface area contributed by atoms with Gasteiger partial charge >= 0.3 is 0 Å². The topological polar surface area (TPSA) is 72.2 Å². The lowest BCUT2D eigenvalue weighted by molar-refractivity contribution is 0.565. The van der Waals surface area contributed by atoms with Gasteiger partial charge in [-0.25, -0.2) is 12.8 Å². The smallest absolute Gasteiger partial charge is 0.264 e. The van der Waals surface area contributed by atoms with Gasteiger partial charge in [0.1, 0.15) is 10.7 Å². The Morgan fingerprint density at radius 3 is 2.43 bits per heavy atom. The molecular weight excluding hydrogens is 359 g/mol. The van der Waals surface area contributed by atoms with E-state index in [9.17, 15) is 12.8 Å². The number of hydrogen-bond acceptors (Lipinski definition) is 3. The molecule has 2 aromatic rings. The second-order valence-corrected chi connectivity index (χ2v) is 7.34. The van der Waals surface area contributed by atoms with Gasteiger partial charge in [0, 0.05) is 10.2 Å². The van der Waals surface area contributed by atoms with Crippen LogP contribution in [0.15, 0.2) is 39.7 Å². The molecule has 3 N–H and O–H groups in total. The monoisotopic (exact) mass is 372 g/mol. The van der Waals surface area contributed by atoms with Crippen molar-refractivity contribution in [2.45, 2.75) is 18.7 Å². The van der Waals surface area contributed by atoms with Crippen molar-refractivity contribution < 1.29 is 12.8 Å². The molecule has 0 aliphatic carbocycles. The third-order valence-corrected chi connectivity index (χ3v) is 4.67. The van der Waals surface area contributed by atoms with Crippen molar-refractivity contribution in [1.82, 2.24) is 0 Å². The molecule has 0 aliphatic heterocycles. The molecule has 0 saturated carbocycles. The highest BCUT2D eigenvalue weighted by molar-refractivity contribution is 9.10. The van der Waals surface area contributed by atoms with Crippen LogP contribution < -0.4 is 10.5 Å². The van der Waals surface area contributed by atoms with E-state index >= 15 is 0 Å². The largest absolute Gasteiger partial charge is 0.399 e. The summed E-state index contributed by atoms with van der Waals surface area (Å²) in [5.74, 6) is -0.802. The highest BCUT2D eigenvalue weighted by atomic mass is 79.9. The molecule has 0 aromatic heterocycles. The second kappa shape index (κ2) is 5.65. The van der Waals surface area contributed by atoms with Gasteiger partial charge < -0.3 is 5.73 Å². The van der Waals surface area contributed by atoms with Crippen LogP contribution in [-0.4, -0.2) is 8.42 Å². The summed E-state index contributed by atoms with van der Waals surface area (Å²) >= 11 is 3.29. The predicted molar refractivity (Wildman–Crippen MR) is 85.2 cm³/mol. The lowest BCUT2D eigenvalue weighted by atomic mass is 10.2. The lowest BCUT2D eigenvalue weighted by Crippen LogP contribution is -2.15. The summed E-state index contributed by atoms with van der Waals surface area (Å²) in [5.41, 5.74) is 7.19. The van der Waals surface area contributed by atoms with Gasteiger partial charge in [0.25, 0.3) is 10.0 Å². The standard InChI is InChI=1S/C14H14BrFN2O2S/c1-8-3-10(15)6-12(4-8)18-21(19,20)13-7-11(17)5-9(2)14(13)16/h3-7,18H,17H2,1-2H3. The molecule has 7 heteroatoms. The Morgan fingerprint density at radius 2 is 1.81 bits per heavy atom. The Kier molecular flexibility index (Phi) is 4.25. The average molecular weight is 373 g/mol. The number of nitrogens with two attached hydrogens (primary N) is 1. The average Bonchev–Trinajstić information content (AvgIpc) is 2.31. The van der Waals surface area contributed by atoms with Gasteiger partial charge in [-0.3, -0.25) is 4.72 Å². The molecule has 2 aromatic carbocycles. The van der Waals surface area contributed by atoms with E-state index in [-0.39, 0.29) is 11.3 Å². The van der Waals surface area contributed by atoms with Crippen molar-refractivity contribution in [3.63, 3.8) is 0 Å². The molecular formula is C14H14BrFN2O2S. The molecule has 4 nitrogen and oxygen atoms in total. The zero-order chi connectivity index (χ0) is 15.8. The number of hydrogen-bond donors (Lipinski definition) is 2. The number of anilines is 2. The lowest BCUT2D eigenvalue weighted by Gasteiger charge is -2.12. The number of rotatable bonds is 3. The van der Waals surface area contributed by atoms with E-state index in [0.29, 0.717) is 5.69 Å². The summed E-state index contributed by atoms with van der Waals surface area (Å²) in [4.78, 5) is -0.461. The summed E-state index contributed by atoms with van der Waals surface area (Å²) in [6.07, 6.45) is 0. The zero-order valence-electron chi connectivity index (χ0n) is 11.4. The van der Waals surface area contributed by atoms with Crippen molar-refractivity contribution in [3.05, 3.63) is 51.7 Å². The van der Waals surface area contributed by atoms with Crippen LogP contribution in [0.4, 0.5) is 15.8 Å². The van der Waals surface area contributed by atoms with Gasteiger partial charge in [-0.05, 0) is 55.3 Å². The number of nitrogen functional groups attached to an aromatic ring is 1. The summed E-state index contributed by atoms with van der Waals surface area (Å²) in [6.45, 7) is 3.29. The minimum Gasteiger partial charge on any atom is -0.399 e. The Balaban J connectivity index is 2.48. The molecule has 0 radical (unpaired) electrons. The molecule has 0 spiro atoms. The van der Waals surface area contributed by atoms with Crippen molar-refractivity contribution >= 4 is 37.3 Å². The first-order valence-electron chi connectivity index (χ1n) is 6.04. The normalized spacial score (nSPS) is 11.4. The van der Waals surface area contributed by atoms with Crippen LogP contribution in [0.1, 0.15) is 11.1 Å². The molecule has 0 amide bonds. The summed E-state index contributed by atoms with van der Waals surface area (Å²) < 4.78 is 41.8. The van der Waals surface area contributed by atoms with Crippen molar-refractivity contribution in [1.29, 1.82) is 0 Å². The zero-order valence-corrected chi connectivity index (χ0v) is 13.8. The highest BCUT2D eigenvalue weighted by Gasteiger charge is 2.21. The second-order valence-electron chi connectivity index (χ2n) is 4.77. The molecule has 0 heterocycles. The molecule has 0 bridgehead atoms. The van der Waals surface area contributed by atoms with E-state index in [1.165, 1.54) is 13.0 Å². The van der Waals surface area contributed by atoms with Crippen LogP contribution >= 0.6 is 15.9 Å². The van der Waals surface area contributed by atoms with Gasteiger partial charge in [0.05, 0.1) is 5.69 Å². The van der Waals surface area contributed by atoms with Gasteiger partial charge in [-0.1, -0.05) is 15.9 Å². The Labute approximate surface area is 131 Å². The minimum atomic E-state index is -4.05. The first kappa shape index (κ1) is 15.8. The molecule has 0 unspecified atom stereocenters. The molecule has 0 fully saturated rings. The number of halogens is 2. The fourth-order valence-corrected chi connectivity index (χ4v) is 3.80. The molecule has 0 atom stereocenters. The minimum absolute atomic E-state index is 0.181. The third-order valence-electron chi connectivity index (χ3n) is 2.83. The number of nitrogens with one attached hydrogen (secondary N) is 1. The fourth-order valence-electron chi connectivity index (χ4n) is 1.97. The van der Waals surface area contributed by atoms with Crippen molar-refractivity contribution in [2.75, 3.05) is 10.5 Å². The van der Waals surface area contributed by atoms with Crippen LogP contribution in [0, 0.1) is 19.7 Å². The van der Waals surface area contributed by atoms with Gasteiger partial charge in [-0.2, -0.15) is 0 Å². The predicted octanol–water partition coefficient (Wildman–Crippen LogP) is 3.59. The van der Waals surface area contributed by atoms with Crippen molar-refractivity contribution in [3.8, 4) is 0 Å². The van der Waals surface area contributed by atoms with Crippen LogP contribution in [0.25, 0.3) is 0 Å². The fraction of sp³-hybridized carbons (Fsp3) is 0.143. The maximum Gasteiger partial charge on any atom is 0.264 e. The van der Waals surface area contributed by atoms with Crippen LogP contribution in [-0.2, 0) is 10.0 Å². The van der Waals surface area contributed by atoms with E-state index in [0.717, 1.165) is 16.1 Å². The van der Waals surface area contributed by atoms with Gasteiger partial charge in [0.15, 0.2) is 0 Å². The van der Waals surface area contributed by atoms with E-state index < -0.39 is 20.7 Å². The highest BCUT2D eigenvalue weighted by Crippen LogP contribution is 2.26. The maximum absolute atomic E-state index is 14.1. The van der Waals surface area contributed by atoms with Gasteiger partial charge in [-0.15, -0.1) is 0 Å². The SMILES string of the molecule is Cc1cc(Br)cc(NS(=O)(=O)c2cc(N)cc(C)c2F)c1.